The van der Waals surface area contributed by atoms with Crippen molar-refractivity contribution in [1.82, 2.24) is 14.5 Å². The van der Waals surface area contributed by atoms with Gasteiger partial charge in [-0.2, -0.15) is 17.5 Å². The maximum atomic E-state index is 13.4. The van der Waals surface area contributed by atoms with Gasteiger partial charge in [0, 0.05) is 44.8 Å². The Morgan fingerprint density at radius 1 is 1.05 bits per heavy atom. The molecule has 37 heavy (non-hydrogen) atoms. The Bertz CT molecular complexity index is 1090. The summed E-state index contributed by atoms with van der Waals surface area (Å²) in [6, 6.07) is 12.5. The number of ether oxygens (including phenoxy) is 1. The largest absolute Gasteiger partial charge is 0.416 e. The zero-order valence-corrected chi connectivity index (χ0v) is 21.4. The number of rotatable bonds is 12. The van der Waals surface area contributed by atoms with Gasteiger partial charge >= 0.3 is 6.18 Å². The van der Waals surface area contributed by atoms with E-state index in [1.165, 1.54) is 4.31 Å². The zero-order valence-electron chi connectivity index (χ0n) is 20.6. The summed E-state index contributed by atoms with van der Waals surface area (Å²) in [6.07, 6.45) is -3.76. The molecule has 1 heterocycles. The SMILES string of the molecule is O=S(=O)(c1ccc(C(F)(F)F)cc1)N(C[C@@H](O)[C@H](Cc1ccccc1)NCCN1CCOCC1)C1CC1. The molecule has 2 aromatic rings. The van der Waals surface area contributed by atoms with Crippen LogP contribution in [0.1, 0.15) is 24.0 Å². The van der Waals surface area contributed by atoms with Gasteiger partial charge in [-0.05, 0) is 49.1 Å². The Morgan fingerprint density at radius 2 is 1.70 bits per heavy atom. The number of aliphatic hydroxyl groups excluding tert-OH is 1. The molecule has 2 aromatic carbocycles. The highest BCUT2D eigenvalue weighted by Gasteiger charge is 2.40. The summed E-state index contributed by atoms with van der Waals surface area (Å²) in [5.41, 5.74) is 0.103. The third kappa shape index (κ3) is 7.75. The number of nitrogens with one attached hydrogen (secondary N) is 1. The molecule has 0 radical (unpaired) electrons. The van der Waals surface area contributed by atoms with Crippen molar-refractivity contribution >= 4 is 10.0 Å². The molecule has 204 valence electrons. The van der Waals surface area contributed by atoms with Gasteiger partial charge in [0.1, 0.15) is 0 Å². The minimum Gasteiger partial charge on any atom is -0.390 e. The summed E-state index contributed by atoms with van der Waals surface area (Å²) >= 11 is 0. The van der Waals surface area contributed by atoms with E-state index in [4.69, 9.17) is 4.74 Å². The molecule has 2 aliphatic rings. The molecule has 2 N–H and O–H groups in total. The standard InChI is InChI=1S/C26H34F3N3O4S/c27-26(28,29)21-6-10-23(11-7-21)37(34,35)32(22-8-9-22)19-25(33)24(18-20-4-2-1-3-5-20)30-12-13-31-14-16-36-17-15-31/h1-7,10-11,22,24-25,30,33H,8-9,12-19H2/t24-,25+/m0/s1. The fourth-order valence-electron chi connectivity index (χ4n) is 4.51. The molecule has 0 unspecified atom stereocenters. The van der Waals surface area contributed by atoms with E-state index >= 15 is 0 Å². The first-order valence-electron chi connectivity index (χ1n) is 12.6. The second-order valence-corrected chi connectivity index (χ2v) is 11.5. The van der Waals surface area contributed by atoms with Crippen LogP contribution in [0.3, 0.4) is 0 Å². The summed E-state index contributed by atoms with van der Waals surface area (Å²) in [6.45, 7) is 4.31. The maximum Gasteiger partial charge on any atom is 0.416 e. The van der Waals surface area contributed by atoms with E-state index < -0.39 is 33.9 Å². The van der Waals surface area contributed by atoms with Crippen LogP contribution in [0.15, 0.2) is 59.5 Å². The Kier molecular flexibility index (Phi) is 9.25. The molecule has 11 heteroatoms. The van der Waals surface area contributed by atoms with Gasteiger partial charge in [-0.3, -0.25) is 4.90 Å². The Labute approximate surface area is 216 Å². The van der Waals surface area contributed by atoms with Crippen LogP contribution in [0.4, 0.5) is 13.2 Å². The number of nitrogens with zero attached hydrogens (tertiary/aromatic N) is 2. The van der Waals surface area contributed by atoms with E-state index in [9.17, 15) is 26.7 Å². The van der Waals surface area contributed by atoms with E-state index in [1.54, 1.807) is 0 Å². The lowest BCUT2D eigenvalue weighted by Crippen LogP contribution is -2.51. The average molecular weight is 542 g/mol. The van der Waals surface area contributed by atoms with Crippen LogP contribution in [0.5, 0.6) is 0 Å². The number of halogens is 3. The van der Waals surface area contributed by atoms with Crippen LogP contribution in [0.2, 0.25) is 0 Å². The third-order valence-electron chi connectivity index (χ3n) is 6.81. The Balaban J connectivity index is 1.47. The third-order valence-corrected chi connectivity index (χ3v) is 8.74. The van der Waals surface area contributed by atoms with Gasteiger partial charge in [-0.15, -0.1) is 0 Å². The molecule has 1 aliphatic carbocycles. The summed E-state index contributed by atoms with van der Waals surface area (Å²) in [5.74, 6) is 0. The molecule has 0 spiro atoms. The van der Waals surface area contributed by atoms with Crippen LogP contribution in [-0.2, 0) is 27.4 Å². The Hall–Kier alpha value is -2.02. The van der Waals surface area contributed by atoms with Crippen molar-refractivity contribution in [1.29, 1.82) is 0 Å². The Morgan fingerprint density at radius 3 is 2.30 bits per heavy atom. The molecule has 1 saturated carbocycles. The summed E-state index contributed by atoms with van der Waals surface area (Å²) in [7, 11) is -4.08. The molecular weight excluding hydrogens is 507 g/mol. The number of alkyl halides is 3. The van der Waals surface area contributed by atoms with Gasteiger partial charge in [-0.25, -0.2) is 8.42 Å². The van der Waals surface area contributed by atoms with E-state index in [0.717, 1.165) is 49.5 Å². The highest BCUT2D eigenvalue weighted by atomic mass is 32.2. The normalized spacial score (nSPS) is 19.2. The van der Waals surface area contributed by atoms with Gasteiger partial charge < -0.3 is 15.2 Å². The van der Waals surface area contributed by atoms with Crippen molar-refractivity contribution in [3.8, 4) is 0 Å². The number of morpholine rings is 1. The molecule has 2 atom stereocenters. The van der Waals surface area contributed by atoms with Crippen molar-refractivity contribution in [2.24, 2.45) is 0 Å². The number of benzene rings is 2. The van der Waals surface area contributed by atoms with Crippen molar-refractivity contribution in [2.45, 2.75) is 48.5 Å². The van der Waals surface area contributed by atoms with Crippen LogP contribution in [-0.4, -0.2) is 86.9 Å². The highest BCUT2D eigenvalue weighted by molar-refractivity contribution is 7.89. The van der Waals surface area contributed by atoms with E-state index in [1.807, 2.05) is 30.3 Å². The molecule has 4 rings (SSSR count). The first-order chi connectivity index (χ1) is 17.6. The number of hydrogen-bond donors (Lipinski definition) is 2. The molecule has 2 fully saturated rings. The fraction of sp³-hybridized carbons (Fsp3) is 0.538. The van der Waals surface area contributed by atoms with Crippen molar-refractivity contribution in [3.63, 3.8) is 0 Å². The quantitative estimate of drug-likeness (QED) is 0.430. The second kappa shape index (κ2) is 12.2. The molecule has 7 nitrogen and oxygen atoms in total. The first-order valence-corrected chi connectivity index (χ1v) is 14.0. The predicted molar refractivity (Wildman–Crippen MR) is 134 cm³/mol. The topological polar surface area (TPSA) is 82.1 Å². The summed E-state index contributed by atoms with van der Waals surface area (Å²) < 4.78 is 72.3. The van der Waals surface area contributed by atoms with Crippen molar-refractivity contribution in [3.05, 3.63) is 65.7 Å². The molecule has 0 amide bonds. The van der Waals surface area contributed by atoms with Gasteiger partial charge in [0.2, 0.25) is 10.0 Å². The van der Waals surface area contributed by atoms with E-state index in [0.29, 0.717) is 39.0 Å². The maximum absolute atomic E-state index is 13.4. The lowest BCUT2D eigenvalue weighted by Gasteiger charge is -2.31. The van der Waals surface area contributed by atoms with Crippen LogP contribution >= 0.6 is 0 Å². The molecule has 1 saturated heterocycles. The monoisotopic (exact) mass is 541 g/mol. The minimum atomic E-state index is -4.55. The summed E-state index contributed by atoms with van der Waals surface area (Å²) in [4.78, 5) is 2.06. The van der Waals surface area contributed by atoms with Gasteiger partial charge in [0.25, 0.3) is 0 Å². The molecule has 0 bridgehead atoms. The van der Waals surface area contributed by atoms with Crippen LogP contribution < -0.4 is 5.32 Å². The smallest absolute Gasteiger partial charge is 0.390 e. The molecule has 0 aromatic heterocycles. The van der Waals surface area contributed by atoms with Gasteiger partial charge in [0.15, 0.2) is 0 Å². The summed E-state index contributed by atoms with van der Waals surface area (Å²) in [5, 5.41) is 14.7. The van der Waals surface area contributed by atoms with Crippen molar-refractivity contribution in [2.75, 3.05) is 45.9 Å². The second-order valence-electron chi connectivity index (χ2n) is 9.60. The molecular formula is C26H34F3N3O4S. The first kappa shape index (κ1) is 28.0. The van der Waals surface area contributed by atoms with E-state index in [-0.39, 0.29) is 17.5 Å². The number of hydrogen-bond acceptors (Lipinski definition) is 6. The van der Waals surface area contributed by atoms with Crippen LogP contribution in [0.25, 0.3) is 0 Å². The van der Waals surface area contributed by atoms with Crippen molar-refractivity contribution < 1.29 is 31.4 Å². The van der Waals surface area contributed by atoms with Crippen LogP contribution in [0, 0.1) is 0 Å². The number of aliphatic hydroxyl groups is 1. The predicted octanol–water partition coefficient (Wildman–Crippen LogP) is 2.75. The van der Waals surface area contributed by atoms with Gasteiger partial charge in [-0.1, -0.05) is 30.3 Å². The lowest BCUT2D eigenvalue weighted by molar-refractivity contribution is -0.137. The fourth-order valence-corrected chi connectivity index (χ4v) is 6.22. The lowest BCUT2D eigenvalue weighted by atomic mass is 10.0. The van der Waals surface area contributed by atoms with E-state index in [2.05, 4.69) is 10.2 Å². The zero-order chi connectivity index (χ0) is 26.5. The average Bonchev–Trinajstić information content (AvgIpc) is 3.72. The minimum absolute atomic E-state index is 0.143. The number of sulfonamides is 1. The van der Waals surface area contributed by atoms with Gasteiger partial charge in [0.05, 0.1) is 29.8 Å². The molecule has 1 aliphatic heterocycles. The highest BCUT2D eigenvalue weighted by Crippen LogP contribution is 2.34.